The Hall–Kier alpha value is -1.86. The molecule has 7 heteroatoms. The number of benzene rings is 1. The third kappa shape index (κ3) is 2.77. The van der Waals surface area contributed by atoms with Gasteiger partial charge in [0.05, 0.1) is 6.61 Å². The zero-order valence-electron chi connectivity index (χ0n) is 10.6. The maximum Gasteiger partial charge on any atom is 0.281 e. The lowest BCUT2D eigenvalue weighted by Crippen LogP contribution is -2.15. The Balaban J connectivity index is 2.38. The number of hydrogen-bond donors (Lipinski definition) is 3. The van der Waals surface area contributed by atoms with Crippen molar-refractivity contribution in [3.8, 4) is 0 Å². The zero-order valence-corrected chi connectivity index (χ0v) is 11.5. The smallest absolute Gasteiger partial charge is 0.281 e. The minimum atomic E-state index is -3.80. The van der Waals surface area contributed by atoms with E-state index in [0.717, 1.165) is 5.56 Å². The Labute approximate surface area is 111 Å². The molecule has 6 nitrogen and oxygen atoms in total. The van der Waals surface area contributed by atoms with E-state index < -0.39 is 10.0 Å². The summed E-state index contributed by atoms with van der Waals surface area (Å²) in [5, 5.41) is 15.3. The average Bonchev–Trinajstić information content (AvgIpc) is 2.70. The second kappa shape index (κ2) is 5.02. The highest BCUT2D eigenvalue weighted by atomic mass is 32.2. The molecule has 0 bridgehead atoms. The number of rotatable bonds is 4. The Morgan fingerprint density at radius 3 is 2.74 bits per heavy atom. The quantitative estimate of drug-likeness (QED) is 0.787. The molecular formula is C12H15N3O3S. The number of aliphatic hydroxyl groups excluding tert-OH is 1. The summed E-state index contributed by atoms with van der Waals surface area (Å²) in [6.07, 6.45) is 0. The second-order valence-corrected chi connectivity index (χ2v) is 5.86. The number of hydrogen-bond acceptors (Lipinski definition) is 4. The van der Waals surface area contributed by atoms with Crippen molar-refractivity contribution >= 4 is 15.7 Å². The molecule has 0 unspecified atom stereocenters. The summed E-state index contributed by atoms with van der Waals surface area (Å²) >= 11 is 0. The number of sulfonamides is 1. The Kier molecular flexibility index (Phi) is 3.59. The van der Waals surface area contributed by atoms with E-state index in [0.29, 0.717) is 11.4 Å². The fourth-order valence-corrected chi connectivity index (χ4v) is 2.99. The van der Waals surface area contributed by atoms with Gasteiger partial charge in [0.2, 0.25) is 5.03 Å². The maximum atomic E-state index is 12.2. The molecule has 0 aliphatic carbocycles. The monoisotopic (exact) mass is 281 g/mol. The summed E-state index contributed by atoms with van der Waals surface area (Å²) in [6.45, 7) is 3.15. The van der Waals surface area contributed by atoms with Gasteiger partial charge in [-0.2, -0.15) is 13.5 Å². The highest BCUT2D eigenvalue weighted by molar-refractivity contribution is 7.92. The van der Waals surface area contributed by atoms with Crippen LogP contribution in [0.2, 0.25) is 0 Å². The van der Waals surface area contributed by atoms with Gasteiger partial charge in [0.25, 0.3) is 10.0 Å². The number of H-pyrrole nitrogens is 1. The van der Waals surface area contributed by atoms with Crippen molar-refractivity contribution in [2.45, 2.75) is 25.5 Å². The summed E-state index contributed by atoms with van der Waals surface area (Å²) in [7, 11) is -3.80. The predicted octanol–water partition coefficient (Wildman–Crippen LogP) is 1.32. The van der Waals surface area contributed by atoms with Crippen LogP contribution >= 0.6 is 0 Å². The lowest BCUT2D eigenvalue weighted by Gasteiger charge is -2.07. The van der Waals surface area contributed by atoms with Gasteiger partial charge in [-0.1, -0.05) is 12.1 Å². The average molecular weight is 281 g/mol. The van der Waals surface area contributed by atoms with Crippen molar-refractivity contribution in [3.63, 3.8) is 0 Å². The second-order valence-electron chi connectivity index (χ2n) is 4.27. The first-order chi connectivity index (χ1) is 8.94. The molecule has 0 aliphatic rings. The van der Waals surface area contributed by atoms with Gasteiger partial charge < -0.3 is 5.11 Å². The van der Waals surface area contributed by atoms with Crippen LogP contribution in [0.5, 0.6) is 0 Å². The molecule has 1 heterocycles. The number of nitrogens with zero attached hydrogens (tertiary/aromatic N) is 1. The highest BCUT2D eigenvalue weighted by Crippen LogP contribution is 2.20. The van der Waals surface area contributed by atoms with Gasteiger partial charge in [0.1, 0.15) is 0 Å². The van der Waals surface area contributed by atoms with Crippen LogP contribution in [0.25, 0.3) is 0 Å². The first kappa shape index (κ1) is 13.6. The number of nitrogens with one attached hydrogen (secondary N) is 2. The van der Waals surface area contributed by atoms with E-state index in [-0.39, 0.29) is 17.2 Å². The number of aliphatic hydroxyl groups is 1. The molecule has 19 heavy (non-hydrogen) atoms. The van der Waals surface area contributed by atoms with E-state index in [2.05, 4.69) is 14.9 Å². The molecule has 102 valence electrons. The van der Waals surface area contributed by atoms with Crippen LogP contribution < -0.4 is 4.72 Å². The topological polar surface area (TPSA) is 95.1 Å². The molecule has 0 spiro atoms. The predicted molar refractivity (Wildman–Crippen MR) is 71.2 cm³/mol. The van der Waals surface area contributed by atoms with E-state index in [1.54, 1.807) is 25.1 Å². The van der Waals surface area contributed by atoms with E-state index in [1.165, 1.54) is 0 Å². The molecule has 2 aromatic rings. The van der Waals surface area contributed by atoms with Gasteiger partial charge in [-0.25, -0.2) is 0 Å². The zero-order chi connectivity index (χ0) is 14.0. The standard InChI is InChI=1S/C12H15N3O3S/c1-8-4-3-5-10(6-8)15-19(17,18)12-11(7-16)9(2)13-14-12/h3-6,15-16H,7H2,1-2H3,(H,13,14). The minimum absolute atomic E-state index is 0.172. The third-order valence-corrected chi connectivity index (χ3v) is 4.07. The van der Waals surface area contributed by atoms with Crippen LogP contribution in [0.3, 0.4) is 0 Å². The summed E-state index contributed by atoms with van der Waals surface area (Å²) in [5.41, 5.74) is 2.22. The van der Waals surface area contributed by atoms with Crippen LogP contribution in [0, 0.1) is 13.8 Å². The number of aryl methyl sites for hydroxylation is 2. The van der Waals surface area contributed by atoms with Crippen LogP contribution in [0.4, 0.5) is 5.69 Å². The Morgan fingerprint density at radius 1 is 1.37 bits per heavy atom. The molecule has 0 radical (unpaired) electrons. The molecule has 2 rings (SSSR count). The fourth-order valence-electron chi connectivity index (χ4n) is 1.75. The van der Waals surface area contributed by atoms with Crippen LogP contribution in [-0.4, -0.2) is 23.7 Å². The molecule has 0 aliphatic heterocycles. The van der Waals surface area contributed by atoms with Crippen molar-refractivity contribution in [1.82, 2.24) is 10.2 Å². The molecule has 0 amide bonds. The highest BCUT2D eigenvalue weighted by Gasteiger charge is 2.23. The van der Waals surface area contributed by atoms with Crippen molar-refractivity contribution in [2.75, 3.05) is 4.72 Å². The van der Waals surface area contributed by atoms with Crippen molar-refractivity contribution in [2.24, 2.45) is 0 Å². The molecule has 0 saturated carbocycles. The molecule has 1 aromatic heterocycles. The van der Waals surface area contributed by atoms with E-state index in [4.69, 9.17) is 0 Å². The van der Waals surface area contributed by atoms with Gasteiger partial charge in [0.15, 0.2) is 0 Å². The number of anilines is 1. The molecule has 1 aromatic carbocycles. The number of aromatic nitrogens is 2. The van der Waals surface area contributed by atoms with Gasteiger partial charge in [-0.05, 0) is 31.5 Å². The third-order valence-electron chi connectivity index (χ3n) is 2.72. The normalized spacial score (nSPS) is 11.5. The van der Waals surface area contributed by atoms with E-state index in [1.807, 2.05) is 13.0 Å². The molecule has 3 N–H and O–H groups in total. The first-order valence-electron chi connectivity index (χ1n) is 5.68. The van der Waals surface area contributed by atoms with Crippen molar-refractivity contribution in [1.29, 1.82) is 0 Å². The van der Waals surface area contributed by atoms with Gasteiger partial charge in [-0.15, -0.1) is 0 Å². The maximum absolute atomic E-state index is 12.2. The van der Waals surface area contributed by atoms with Crippen LogP contribution in [-0.2, 0) is 16.6 Å². The fraction of sp³-hybridized carbons (Fsp3) is 0.250. The summed E-state index contributed by atoms with van der Waals surface area (Å²) in [6, 6.07) is 7.00. The molecule has 0 atom stereocenters. The molecule has 0 fully saturated rings. The summed E-state index contributed by atoms with van der Waals surface area (Å²) < 4.78 is 26.8. The Morgan fingerprint density at radius 2 is 2.11 bits per heavy atom. The van der Waals surface area contributed by atoms with Gasteiger partial charge >= 0.3 is 0 Å². The summed E-state index contributed by atoms with van der Waals surface area (Å²) in [4.78, 5) is 0. The van der Waals surface area contributed by atoms with Crippen LogP contribution in [0.15, 0.2) is 29.3 Å². The van der Waals surface area contributed by atoms with Crippen molar-refractivity contribution < 1.29 is 13.5 Å². The lowest BCUT2D eigenvalue weighted by atomic mass is 10.2. The molecular weight excluding hydrogens is 266 g/mol. The molecule has 0 saturated heterocycles. The van der Waals surface area contributed by atoms with E-state index in [9.17, 15) is 13.5 Å². The minimum Gasteiger partial charge on any atom is -0.392 e. The first-order valence-corrected chi connectivity index (χ1v) is 7.16. The van der Waals surface area contributed by atoms with Crippen molar-refractivity contribution in [3.05, 3.63) is 41.1 Å². The Bertz CT molecular complexity index is 692. The lowest BCUT2D eigenvalue weighted by molar-refractivity contribution is 0.277. The van der Waals surface area contributed by atoms with Gasteiger partial charge in [-0.3, -0.25) is 9.82 Å². The van der Waals surface area contributed by atoms with Gasteiger partial charge in [0, 0.05) is 16.9 Å². The van der Waals surface area contributed by atoms with Crippen LogP contribution in [0.1, 0.15) is 16.8 Å². The summed E-state index contributed by atoms with van der Waals surface area (Å²) in [5.74, 6) is 0. The van der Waals surface area contributed by atoms with E-state index >= 15 is 0 Å². The largest absolute Gasteiger partial charge is 0.392 e. The SMILES string of the molecule is Cc1cccc(NS(=O)(=O)c2n[nH]c(C)c2CO)c1. The number of aromatic amines is 1.